The summed E-state index contributed by atoms with van der Waals surface area (Å²) in [4.78, 5) is 43.8. The first kappa shape index (κ1) is 19.0. The van der Waals surface area contributed by atoms with Crippen molar-refractivity contribution in [3.8, 4) is 5.75 Å². The molecule has 9 heteroatoms. The molecule has 8 nitrogen and oxygen atoms in total. The van der Waals surface area contributed by atoms with Crippen molar-refractivity contribution in [2.45, 2.75) is 26.4 Å². The van der Waals surface area contributed by atoms with Crippen LogP contribution in [0.5, 0.6) is 5.75 Å². The fourth-order valence-electron chi connectivity index (χ4n) is 4.91. The first-order valence-corrected chi connectivity index (χ1v) is 10.9. The van der Waals surface area contributed by atoms with Crippen molar-refractivity contribution in [1.29, 1.82) is 0 Å². The van der Waals surface area contributed by atoms with Crippen LogP contribution in [0.4, 0.5) is 9.93 Å². The highest BCUT2D eigenvalue weighted by molar-refractivity contribution is 7.22. The van der Waals surface area contributed by atoms with Crippen molar-refractivity contribution in [2.24, 2.45) is 23.7 Å². The Morgan fingerprint density at radius 2 is 1.97 bits per heavy atom. The number of rotatable bonds is 5. The van der Waals surface area contributed by atoms with Crippen molar-refractivity contribution < 1.29 is 19.1 Å². The van der Waals surface area contributed by atoms with E-state index < -0.39 is 12.2 Å². The number of benzene rings is 1. The molecule has 5 rings (SSSR count). The molecule has 2 aliphatic carbocycles. The van der Waals surface area contributed by atoms with Gasteiger partial charge in [0.15, 0.2) is 5.13 Å². The quantitative estimate of drug-likeness (QED) is 0.566. The van der Waals surface area contributed by atoms with E-state index in [2.05, 4.69) is 27.8 Å². The number of carbonyl (C=O) groups is 3. The fourth-order valence-corrected chi connectivity index (χ4v) is 5.75. The molecule has 2 aromatic rings. The lowest BCUT2D eigenvalue weighted by atomic mass is 9.85. The zero-order valence-corrected chi connectivity index (χ0v) is 17.4. The number of hydrogen-bond acceptors (Lipinski definition) is 6. The Labute approximate surface area is 177 Å². The molecule has 1 aromatic heterocycles. The summed E-state index contributed by atoms with van der Waals surface area (Å²) in [6, 6.07) is 5.07. The van der Waals surface area contributed by atoms with Gasteiger partial charge in [-0.2, -0.15) is 0 Å². The van der Waals surface area contributed by atoms with Gasteiger partial charge in [-0.3, -0.25) is 19.8 Å². The predicted octanol–water partition coefficient (Wildman–Crippen LogP) is 2.97. The molecule has 2 fully saturated rings. The molecule has 0 spiro atoms. The minimum Gasteiger partial charge on any atom is -0.494 e. The van der Waals surface area contributed by atoms with Crippen LogP contribution >= 0.6 is 11.3 Å². The summed E-state index contributed by atoms with van der Waals surface area (Å²) in [5, 5.41) is 5.84. The van der Waals surface area contributed by atoms with Crippen LogP contribution in [0.2, 0.25) is 0 Å². The third-order valence-corrected chi connectivity index (χ3v) is 7.07. The lowest BCUT2D eigenvalue weighted by molar-refractivity contribution is -0.143. The van der Waals surface area contributed by atoms with E-state index in [-0.39, 0.29) is 35.5 Å². The number of anilines is 1. The number of hydrogen-bond donors (Lipinski definition) is 2. The summed E-state index contributed by atoms with van der Waals surface area (Å²) in [7, 11) is 0. The SMILES string of the molecule is CCOc1ccc2sc(NC(=O)N[C@H](C)N3C(=O)[C@H]4[C@H](C3=O)[C@H]3C=C[C@H]4C3)nc2c1. The van der Waals surface area contributed by atoms with Crippen LogP contribution in [0.25, 0.3) is 10.2 Å². The number of thiazole rings is 1. The van der Waals surface area contributed by atoms with E-state index in [0.717, 1.165) is 22.4 Å². The van der Waals surface area contributed by atoms with E-state index in [1.54, 1.807) is 6.92 Å². The lowest BCUT2D eigenvalue weighted by Gasteiger charge is -2.25. The van der Waals surface area contributed by atoms with Crippen LogP contribution in [-0.4, -0.2) is 40.5 Å². The first-order valence-electron chi connectivity index (χ1n) is 10.1. The zero-order chi connectivity index (χ0) is 21.0. The van der Waals surface area contributed by atoms with Gasteiger partial charge < -0.3 is 10.1 Å². The molecule has 2 heterocycles. The van der Waals surface area contributed by atoms with Crippen molar-refractivity contribution in [2.75, 3.05) is 11.9 Å². The van der Waals surface area contributed by atoms with Gasteiger partial charge in [0.2, 0.25) is 11.8 Å². The second-order valence-corrected chi connectivity index (χ2v) is 8.93. The van der Waals surface area contributed by atoms with E-state index in [1.165, 1.54) is 16.2 Å². The van der Waals surface area contributed by atoms with E-state index >= 15 is 0 Å². The normalized spacial score (nSPS) is 27.6. The van der Waals surface area contributed by atoms with Crippen molar-refractivity contribution in [3.05, 3.63) is 30.4 Å². The summed E-state index contributed by atoms with van der Waals surface area (Å²) >= 11 is 1.34. The average molecular weight is 426 g/mol. The number of likely N-dealkylation sites (tertiary alicyclic amines) is 1. The highest BCUT2D eigenvalue weighted by Crippen LogP contribution is 2.52. The topological polar surface area (TPSA) is 101 Å². The van der Waals surface area contributed by atoms with E-state index in [1.807, 2.05) is 25.1 Å². The summed E-state index contributed by atoms with van der Waals surface area (Å²) in [6.45, 7) is 4.13. The number of amides is 4. The summed E-state index contributed by atoms with van der Waals surface area (Å²) in [5.74, 6) is 0.0991. The maximum Gasteiger partial charge on any atom is 0.322 e. The molecule has 1 saturated heterocycles. The molecule has 2 N–H and O–H groups in total. The molecule has 3 aliphatic rings. The monoisotopic (exact) mass is 426 g/mol. The molecule has 1 aromatic carbocycles. The van der Waals surface area contributed by atoms with Gasteiger partial charge in [-0.25, -0.2) is 9.78 Å². The molecule has 0 unspecified atom stereocenters. The first-order chi connectivity index (χ1) is 14.5. The molecular weight excluding hydrogens is 404 g/mol. The Morgan fingerprint density at radius 3 is 2.63 bits per heavy atom. The molecule has 5 atom stereocenters. The number of fused-ring (bicyclic) bond motifs is 6. The Morgan fingerprint density at radius 1 is 1.27 bits per heavy atom. The third kappa shape index (κ3) is 2.96. The number of nitrogens with one attached hydrogen (secondary N) is 2. The Hall–Kier alpha value is -2.94. The number of ether oxygens (including phenoxy) is 1. The number of urea groups is 1. The Bertz CT molecular complexity index is 1050. The van der Waals surface area contributed by atoms with Crippen LogP contribution in [-0.2, 0) is 9.59 Å². The van der Waals surface area contributed by atoms with Crippen molar-refractivity contribution in [3.63, 3.8) is 0 Å². The predicted molar refractivity (Wildman–Crippen MR) is 112 cm³/mol. The maximum atomic E-state index is 12.8. The van der Waals surface area contributed by atoms with E-state index in [4.69, 9.17) is 4.74 Å². The van der Waals surface area contributed by atoms with Gasteiger partial charge in [-0.05, 0) is 44.2 Å². The van der Waals surface area contributed by atoms with Gasteiger partial charge in [-0.15, -0.1) is 0 Å². The van der Waals surface area contributed by atoms with Gasteiger partial charge in [0.25, 0.3) is 0 Å². The highest BCUT2D eigenvalue weighted by atomic mass is 32.1. The number of nitrogens with zero attached hydrogens (tertiary/aromatic N) is 2. The molecule has 156 valence electrons. The zero-order valence-electron chi connectivity index (χ0n) is 16.6. The van der Waals surface area contributed by atoms with Gasteiger partial charge >= 0.3 is 6.03 Å². The van der Waals surface area contributed by atoms with Crippen LogP contribution in [0, 0.1) is 23.7 Å². The minimum atomic E-state index is -0.728. The summed E-state index contributed by atoms with van der Waals surface area (Å²) < 4.78 is 6.39. The number of aromatic nitrogens is 1. The molecule has 4 amide bonds. The molecule has 1 aliphatic heterocycles. The average Bonchev–Trinajstić information content (AvgIpc) is 3.44. The fraction of sp³-hybridized carbons (Fsp3) is 0.429. The van der Waals surface area contributed by atoms with Gasteiger partial charge in [0.05, 0.1) is 28.7 Å². The van der Waals surface area contributed by atoms with E-state index in [9.17, 15) is 14.4 Å². The highest BCUT2D eigenvalue weighted by Gasteiger charge is 2.60. The Kier molecular flexibility index (Phi) is 4.50. The number of imide groups is 1. The van der Waals surface area contributed by atoms with Crippen LogP contribution in [0.1, 0.15) is 20.3 Å². The third-order valence-electron chi connectivity index (χ3n) is 6.12. The minimum absolute atomic E-state index is 0.145. The summed E-state index contributed by atoms with van der Waals surface area (Å²) in [6.07, 6.45) is 4.25. The van der Waals surface area contributed by atoms with Crippen molar-refractivity contribution in [1.82, 2.24) is 15.2 Å². The second-order valence-electron chi connectivity index (χ2n) is 7.90. The molecule has 0 radical (unpaired) electrons. The molecule has 2 bridgehead atoms. The van der Waals surface area contributed by atoms with Crippen LogP contribution < -0.4 is 15.4 Å². The maximum absolute atomic E-state index is 12.8. The second kappa shape index (κ2) is 7.09. The summed E-state index contributed by atoms with van der Waals surface area (Å²) in [5.41, 5.74) is 0.731. The Balaban J connectivity index is 1.25. The van der Waals surface area contributed by atoms with E-state index in [0.29, 0.717) is 11.7 Å². The van der Waals surface area contributed by atoms with Crippen LogP contribution in [0.15, 0.2) is 30.4 Å². The number of allylic oxidation sites excluding steroid dienone is 2. The molecule has 1 saturated carbocycles. The van der Waals surface area contributed by atoms with Gasteiger partial charge in [0, 0.05) is 6.07 Å². The standard InChI is InChI=1S/C21H22N4O4S/c1-3-29-13-6-7-15-14(9-13)23-21(30-15)24-20(28)22-10(2)25-18(26)16-11-4-5-12(8-11)17(16)19(25)27/h4-7,9-12,16-17H,3,8H2,1-2H3,(H2,22,23,24,28)/t10-,11-,12-,16+,17+/m0/s1. The van der Waals surface area contributed by atoms with Crippen molar-refractivity contribution >= 4 is 44.5 Å². The smallest absolute Gasteiger partial charge is 0.322 e. The van der Waals surface area contributed by atoms with Gasteiger partial charge in [-0.1, -0.05) is 23.5 Å². The largest absolute Gasteiger partial charge is 0.494 e. The van der Waals surface area contributed by atoms with Gasteiger partial charge in [0.1, 0.15) is 11.9 Å². The molecular formula is C21H22N4O4S. The molecule has 30 heavy (non-hydrogen) atoms. The number of carbonyl (C=O) groups excluding carboxylic acids is 3. The lowest BCUT2D eigenvalue weighted by Crippen LogP contribution is -2.51. The van der Waals surface area contributed by atoms with Crippen LogP contribution in [0.3, 0.4) is 0 Å².